The second-order valence-electron chi connectivity index (χ2n) is 14.7. The zero-order valence-corrected chi connectivity index (χ0v) is 33.9. The van der Waals surface area contributed by atoms with E-state index in [-0.39, 0.29) is 37.9 Å². The van der Waals surface area contributed by atoms with Crippen molar-refractivity contribution in [2.24, 2.45) is 7.05 Å². The topological polar surface area (TPSA) is 129 Å². The highest BCUT2D eigenvalue weighted by molar-refractivity contribution is 6.04. The minimum Gasteiger partial charge on any atom is -0.493 e. The van der Waals surface area contributed by atoms with Gasteiger partial charge in [-0.25, -0.2) is 9.59 Å². The Kier molecular flexibility index (Phi) is 10.9. The number of carbonyl (C=O) groups excluding carboxylic acids is 1. The second-order valence-corrected chi connectivity index (χ2v) is 14.7. The molecule has 0 spiro atoms. The van der Waals surface area contributed by atoms with Crippen LogP contribution in [0.3, 0.4) is 0 Å². The van der Waals surface area contributed by atoms with Crippen LogP contribution in [-0.2, 0) is 39.6 Å². The van der Waals surface area contributed by atoms with Crippen molar-refractivity contribution in [1.29, 1.82) is 0 Å². The van der Waals surface area contributed by atoms with E-state index in [1.54, 1.807) is 26.2 Å². The maximum Gasteiger partial charge on any atom is 0.352 e. The fourth-order valence-electron chi connectivity index (χ4n) is 8.38. The van der Waals surface area contributed by atoms with Crippen molar-refractivity contribution in [3.8, 4) is 34.1 Å². The van der Waals surface area contributed by atoms with Crippen molar-refractivity contribution in [3.63, 3.8) is 0 Å². The van der Waals surface area contributed by atoms with Gasteiger partial charge in [0.25, 0.3) is 0 Å². The molecule has 0 atom stereocenters. The lowest BCUT2D eigenvalue weighted by Crippen LogP contribution is -2.39. The number of nitrogens with zero attached hydrogens (tertiary/aromatic N) is 4. The molecular formula is C47H47N5O7. The van der Waals surface area contributed by atoms with Crippen molar-refractivity contribution in [2.75, 3.05) is 27.9 Å². The second kappa shape index (κ2) is 16.5. The highest BCUT2D eigenvalue weighted by Gasteiger charge is 2.30. The summed E-state index contributed by atoms with van der Waals surface area (Å²) < 4.78 is 26.7. The Bertz CT molecular complexity index is 2690. The van der Waals surface area contributed by atoms with Crippen LogP contribution in [-0.4, -0.2) is 64.3 Å². The van der Waals surface area contributed by atoms with Gasteiger partial charge >= 0.3 is 12.0 Å². The van der Waals surface area contributed by atoms with Crippen LogP contribution < -0.4 is 24.3 Å². The molecule has 1 aliphatic rings. The van der Waals surface area contributed by atoms with E-state index in [4.69, 9.17) is 24.0 Å². The van der Waals surface area contributed by atoms with Crippen LogP contribution >= 0.6 is 0 Å². The first kappa shape index (κ1) is 38.9. The van der Waals surface area contributed by atoms with E-state index in [2.05, 4.69) is 17.4 Å². The molecule has 302 valence electrons. The number of methoxy groups -OCH3 is 3. The summed E-state index contributed by atoms with van der Waals surface area (Å²) in [6.45, 7) is 3.37. The summed E-state index contributed by atoms with van der Waals surface area (Å²) in [6, 6.07) is 31.4. The molecule has 8 rings (SSSR count). The summed E-state index contributed by atoms with van der Waals surface area (Å²) in [6.07, 6.45) is 1.11. The first-order chi connectivity index (χ1) is 28.7. The zero-order valence-electron chi connectivity index (χ0n) is 33.9. The number of benzene rings is 5. The normalized spacial score (nSPS) is 12.4. The number of carboxylic acids is 1. The van der Waals surface area contributed by atoms with Crippen molar-refractivity contribution in [1.82, 2.24) is 24.6 Å². The van der Waals surface area contributed by atoms with Crippen LogP contribution in [0.25, 0.3) is 32.8 Å². The molecule has 0 saturated heterocycles. The Balaban J connectivity index is 1.17. The minimum absolute atomic E-state index is 0.199. The monoisotopic (exact) mass is 793 g/mol. The van der Waals surface area contributed by atoms with Crippen molar-refractivity contribution < 1.29 is 33.6 Å². The Hall–Kier alpha value is -6.95. The highest BCUT2D eigenvalue weighted by atomic mass is 16.5. The molecule has 0 saturated carbocycles. The molecule has 12 nitrogen and oxygen atoms in total. The van der Waals surface area contributed by atoms with Gasteiger partial charge < -0.3 is 38.8 Å². The number of aromatic carboxylic acids is 1. The molecule has 59 heavy (non-hydrogen) atoms. The number of fused-ring (bicyclic) bond motifs is 4. The van der Waals surface area contributed by atoms with E-state index >= 15 is 0 Å². The molecule has 3 heterocycles. The predicted molar refractivity (Wildman–Crippen MR) is 227 cm³/mol. The van der Waals surface area contributed by atoms with E-state index in [1.807, 2.05) is 108 Å². The number of hydrogen-bond acceptors (Lipinski definition) is 7. The van der Waals surface area contributed by atoms with Crippen LogP contribution in [0.1, 0.15) is 50.6 Å². The van der Waals surface area contributed by atoms with E-state index < -0.39 is 5.97 Å². The maximum atomic E-state index is 14.3. The third kappa shape index (κ3) is 7.37. The van der Waals surface area contributed by atoms with E-state index in [0.717, 1.165) is 66.5 Å². The van der Waals surface area contributed by atoms with Crippen molar-refractivity contribution >= 4 is 33.7 Å². The number of carbonyl (C=O) groups is 2. The van der Waals surface area contributed by atoms with Gasteiger partial charge in [-0.3, -0.25) is 4.68 Å². The lowest BCUT2D eigenvalue weighted by molar-refractivity contribution is 0.0684. The number of amides is 2. The molecule has 12 heteroatoms. The predicted octanol–water partition coefficient (Wildman–Crippen LogP) is 8.51. The first-order valence-corrected chi connectivity index (χ1v) is 19.6. The van der Waals surface area contributed by atoms with Crippen molar-refractivity contribution in [3.05, 3.63) is 136 Å². The summed E-state index contributed by atoms with van der Waals surface area (Å²) in [7, 11) is 6.55. The number of carboxylic acid groups (broad SMARTS) is 1. The van der Waals surface area contributed by atoms with Gasteiger partial charge in [-0.05, 0) is 65.6 Å². The van der Waals surface area contributed by atoms with Gasteiger partial charge in [0, 0.05) is 54.3 Å². The number of nitrogens with one attached hydrogen (secondary N) is 1. The summed E-state index contributed by atoms with van der Waals surface area (Å²) >= 11 is 0. The fourth-order valence-corrected chi connectivity index (χ4v) is 8.38. The Morgan fingerprint density at radius 2 is 1.47 bits per heavy atom. The highest BCUT2D eigenvalue weighted by Crippen LogP contribution is 2.41. The van der Waals surface area contributed by atoms with E-state index in [9.17, 15) is 14.7 Å². The van der Waals surface area contributed by atoms with Crippen LogP contribution in [0, 0.1) is 6.92 Å². The van der Waals surface area contributed by atoms with Crippen molar-refractivity contribution in [2.45, 2.75) is 45.9 Å². The van der Waals surface area contributed by atoms with Crippen LogP contribution in [0.2, 0.25) is 0 Å². The van der Waals surface area contributed by atoms with Crippen LogP contribution in [0.4, 0.5) is 4.79 Å². The molecule has 5 aromatic carbocycles. The Morgan fingerprint density at radius 1 is 0.797 bits per heavy atom. The number of para-hydroxylation sites is 1. The zero-order chi connectivity index (χ0) is 41.2. The minimum atomic E-state index is -1.000. The Labute approximate surface area is 342 Å². The molecular weight excluding hydrogens is 747 g/mol. The van der Waals surface area contributed by atoms with Gasteiger partial charge in [-0.15, -0.1) is 0 Å². The van der Waals surface area contributed by atoms with Gasteiger partial charge in [0.05, 0.1) is 45.7 Å². The quantitative estimate of drug-likeness (QED) is 0.125. The van der Waals surface area contributed by atoms with E-state index in [1.165, 1.54) is 0 Å². The standard InChI is InChI=1S/C47H47N5O7/c1-29-42-37-19-11-18-35-36(20-12-22-59-39-21-10-16-31-13-8-9-17-34(31)39)44(46(53)54)52(43(35)37)27-33-15-7-6-14-32(33)26-51(28-38(42)49-50(29)2)47(55)48-25-30-23-40(56-3)45(58-5)41(24-30)57-4/h6-11,13-19,21,23-24H,12,20,22,25-28H2,1-5H3,(H,48,55)(H,53,54). The average molecular weight is 794 g/mol. The number of aromatic nitrogens is 3. The lowest BCUT2D eigenvalue weighted by Gasteiger charge is -2.24. The lowest BCUT2D eigenvalue weighted by atomic mass is 9.98. The smallest absolute Gasteiger partial charge is 0.352 e. The van der Waals surface area contributed by atoms with Gasteiger partial charge in [-0.1, -0.05) is 78.9 Å². The third-order valence-electron chi connectivity index (χ3n) is 11.2. The number of urea groups is 1. The average Bonchev–Trinajstić information content (AvgIpc) is 3.71. The van der Waals surface area contributed by atoms with Crippen LogP contribution in [0.5, 0.6) is 23.0 Å². The number of hydrogen-bond donors (Lipinski definition) is 2. The van der Waals surface area contributed by atoms with Crippen LogP contribution in [0.15, 0.2) is 97.1 Å². The van der Waals surface area contributed by atoms with Gasteiger partial charge in [-0.2, -0.15) is 5.10 Å². The van der Waals surface area contributed by atoms with Gasteiger partial charge in [0.2, 0.25) is 5.75 Å². The summed E-state index contributed by atoms with van der Waals surface area (Å²) in [5, 5.41) is 22.1. The molecule has 0 aliphatic carbocycles. The first-order valence-electron chi connectivity index (χ1n) is 19.6. The molecule has 0 radical (unpaired) electrons. The number of ether oxygens (including phenoxy) is 4. The van der Waals surface area contributed by atoms with Gasteiger partial charge in [0.1, 0.15) is 11.4 Å². The molecule has 7 aromatic rings. The number of aryl methyl sites for hydroxylation is 2. The molecule has 1 aliphatic heterocycles. The molecule has 2 aromatic heterocycles. The maximum absolute atomic E-state index is 14.3. The molecule has 0 unspecified atom stereocenters. The number of rotatable bonds is 11. The summed E-state index contributed by atoms with van der Waals surface area (Å²) in [4.78, 5) is 29.5. The molecule has 0 bridgehead atoms. The SMILES string of the molecule is COc1cc(CNC(=O)N2Cc3ccccc3Cn3c(C(=O)O)c(CCCOc4cccc5ccccc45)c4cccc(c43)-c3c(nn(C)c3C)C2)cc(OC)c1OC. The Morgan fingerprint density at radius 3 is 2.20 bits per heavy atom. The summed E-state index contributed by atoms with van der Waals surface area (Å²) in [5.41, 5.74) is 7.74. The molecule has 2 N–H and O–H groups in total. The van der Waals surface area contributed by atoms with E-state index in [0.29, 0.717) is 42.4 Å². The molecule has 0 fully saturated rings. The molecule has 2 amide bonds. The largest absolute Gasteiger partial charge is 0.493 e. The third-order valence-corrected chi connectivity index (χ3v) is 11.2. The van der Waals surface area contributed by atoms with Gasteiger partial charge in [0.15, 0.2) is 11.5 Å². The summed E-state index contributed by atoms with van der Waals surface area (Å²) in [5.74, 6) is 1.26. The fraction of sp³-hybridized carbons (Fsp3) is 0.255.